The lowest BCUT2D eigenvalue weighted by molar-refractivity contribution is -0.139. The zero-order valence-electron chi connectivity index (χ0n) is 8.48. The number of fused-ring (bicyclic) bond motifs is 1. The molecule has 0 saturated heterocycles. The fourth-order valence-corrected chi connectivity index (χ4v) is 2.45. The number of methoxy groups -OCH3 is 1. The van der Waals surface area contributed by atoms with Crippen molar-refractivity contribution in [3.63, 3.8) is 0 Å². The summed E-state index contributed by atoms with van der Waals surface area (Å²) in [5.74, 6) is -0.213. The molecule has 0 unspecified atom stereocenters. The van der Waals surface area contributed by atoms with Crippen LogP contribution in [-0.2, 0) is 16.0 Å². The molecule has 2 aromatic heterocycles. The highest BCUT2D eigenvalue weighted by Crippen LogP contribution is 2.29. The summed E-state index contributed by atoms with van der Waals surface area (Å²) in [6.45, 7) is 1.91. The molecule has 0 bridgehead atoms. The average Bonchev–Trinajstić information content (AvgIpc) is 2.71. The molecule has 0 saturated carbocycles. The second kappa shape index (κ2) is 3.58. The highest BCUT2D eigenvalue weighted by atomic mass is 32.1. The number of nitrogens with zero attached hydrogens (tertiary/aromatic N) is 1. The standard InChI is InChI=1S/C10H11NO3S/c1-6-5-15-8-3-7(4-9(12)14-2)10(13)11(6)8/h3,5,13H,4H2,1-2H3. The van der Waals surface area contributed by atoms with Crippen LogP contribution in [-0.4, -0.2) is 22.6 Å². The Morgan fingerprint density at radius 2 is 2.40 bits per heavy atom. The van der Waals surface area contributed by atoms with E-state index in [0.29, 0.717) is 5.56 Å². The molecule has 15 heavy (non-hydrogen) atoms. The van der Waals surface area contributed by atoms with Crippen molar-refractivity contribution < 1.29 is 14.6 Å². The van der Waals surface area contributed by atoms with Gasteiger partial charge in [0.1, 0.15) is 4.83 Å². The number of carbonyl (C=O) groups is 1. The summed E-state index contributed by atoms with van der Waals surface area (Å²) < 4.78 is 6.28. The molecule has 0 aliphatic carbocycles. The van der Waals surface area contributed by atoms with Gasteiger partial charge in [0.25, 0.3) is 0 Å². The first-order valence-electron chi connectivity index (χ1n) is 4.47. The summed E-state index contributed by atoms with van der Waals surface area (Å²) in [4.78, 5) is 12.0. The van der Waals surface area contributed by atoms with Gasteiger partial charge in [0, 0.05) is 16.6 Å². The predicted molar refractivity (Wildman–Crippen MR) is 57.4 cm³/mol. The first kappa shape index (κ1) is 10.0. The van der Waals surface area contributed by atoms with E-state index in [-0.39, 0.29) is 18.3 Å². The molecule has 0 aliphatic heterocycles. The quantitative estimate of drug-likeness (QED) is 0.792. The van der Waals surface area contributed by atoms with E-state index in [0.717, 1.165) is 10.5 Å². The summed E-state index contributed by atoms with van der Waals surface area (Å²) in [5.41, 5.74) is 1.57. The molecule has 0 radical (unpaired) electrons. The Morgan fingerprint density at radius 3 is 3.00 bits per heavy atom. The molecule has 2 aromatic rings. The van der Waals surface area contributed by atoms with E-state index in [2.05, 4.69) is 4.74 Å². The minimum Gasteiger partial charge on any atom is -0.494 e. The molecule has 5 heteroatoms. The van der Waals surface area contributed by atoms with Crippen LogP contribution in [0.5, 0.6) is 5.88 Å². The maximum absolute atomic E-state index is 11.1. The smallest absolute Gasteiger partial charge is 0.310 e. The minimum atomic E-state index is -0.346. The molecule has 0 aromatic carbocycles. The zero-order chi connectivity index (χ0) is 11.0. The minimum absolute atomic E-state index is 0.107. The lowest BCUT2D eigenvalue weighted by atomic mass is 10.2. The molecule has 0 atom stereocenters. The van der Waals surface area contributed by atoms with Gasteiger partial charge in [-0.25, -0.2) is 0 Å². The predicted octanol–water partition coefficient (Wildman–Crippen LogP) is 1.73. The Balaban J connectivity index is 2.45. The summed E-state index contributed by atoms with van der Waals surface area (Å²) in [6, 6.07) is 1.81. The normalized spacial score (nSPS) is 10.8. The topological polar surface area (TPSA) is 50.9 Å². The largest absolute Gasteiger partial charge is 0.494 e. The monoisotopic (exact) mass is 225 g/mol. The van der Waals surface area contributed by atoms with Crippen LogP contribution in [0.3, 0.4) is 0 Å². The molecule has 0 fully saturated rings. The number of aromatic nitrogens is 1. The zero-order valence-corrected chi connectivity index (χ0v) is 9.30. The van der Waals surface area contributed by atoms with E-state index >= 15 is 0 Å². The number of hydrogen-bond acceptors (Lipinski definition) is 4. The number of carbonyl (C=O) groups excluding carboxylic acids is 1. The SMILES string of the molecule is COC(=O)Cc1cc2scc(C)n2c1O. The van der Waals surface area contributed by atoms with Crippen molar-refractivity contribution in [3.8, 4) is 5.88 Å². The number of ether oxygens (including phenoxy) is 1. The molecule has 4 nitrogen and oxygen atoms in total. The van der Waals surface area contributed by atoms with Crippen LogP contribution in [0.15, 0.2) is 11.4 Å². The van der Waals surface area contributed by atoms with Gasteiger partial charge < -0.3 is 9.84 Å². The van der Waals surface area contributed by atoms with Crippen LogP contribution >= 0.6 is 11.3 Å². The lowest BCUT2D eigenvalue weighted by Crippen LogP contribution is -2.03. The fourth-order valence-electron chi connectivity index (χ4n) is 1.51. The van der Waals surface area contributed by atoms with Crippen LogP contribution in [0.2, 0.25) is 0 Å². The lowest BCUT2D eigenvalue weighted by Gasteiger charge is -1.98. The Hall–Kier alpha value is -1.49. The molecular weight excluding hydrogens is 214 g/mol. The van der Waals surface area contributed by atoms with E-state index in [1.165, 1.54) is 18.4 Å². The summed E-state index contributed by atoms with van der Waals surface area (Å²) in [7, 11) is 1.34. The molecule has 0 aliphatic rings. The van der Waals surface area contributed by atoms with Crippen molar-refractivity contribution in [2.45, 2.75) is 13.3 Å². The van der Waals surface area contributed by atoms with Crippen molar-refractivity contribution in [3.05, 3.63) is 22.7 Å². The van der Waals surface area contributed by atoms with Crippen LogP contribution in [0.4, 0.5) is 0 Å². The van der Waals surface area contributed by atoms with Gasteiger partial charge in [0.05, 0.1) is 13.5 Å². The summed E-state index contributed by atoms with van der Waals surface area (Å²) >= 11 is 1.53. The van der Waals surface area contributed by atoms with Gasteiger partial charge in [-0.1, -0.05) is 0 Å². The Kier molecular flexibility index (Phi) is 2.40. The van der Waals surface area contributed by atoms with E-state index in [4.69, 9.17) is 0 Å². The van der Waals surface area contributed by atoms with E-state index in [9.17, 15) is 9.90 Å². The Labute approximate surface area is 90.7 Å². The molecule has 2 rings (SSSR count). The Morgan fingerprint density at radius 1 is 1.67 bits per heavy atom. The van der Waals surface area contributed by atoms with Gasteiger partial charge in [0.15, 0.2) is 5.88 Å². The third kappa shape index (κ3) is 1.59. The van der Waals surface area contributed by atoms with Gasteiger partial charge >= 0.3 is 5.97 Å². The highest BCUT2D eigenvalue weighted by Gasteiger charge is 2.15. The third-order valence-electron chi connectivity index (χ3n) is 2.28. The highest BCUT2D eigenvalue weighted by molar-refractivity contribution is 7.15. The van der Waals surface area contributed by atoms with Gasteiger partial charge in [0.2, 0.25) is 0 Å². The maximum Gasteiger partial charge on any atom is 0.310 e. The number of hydrogen-bond donors (Lipinski definition) is 1. The number of aromatic hydroxyl groups is 1. The first-order valence-corrected chi connectivity index (χ1v) is 5.35. The molecule has 2 heterocycles. The van der Waals surface area contributed by atoms with E-state index < -0.39 is 0 Å². The van der Waals surface area contributed by atoms with Crippen LogP contribution in [0.25, 0.3) is 4.83 Å². The van der Waals surface area contributed by atoms with Crippen molar-refractivity contribution >= 4 is 22.1 Å². The third-order valence-corrected chi connectivity index (χ3v) is 3.28. The number of thiazole rings is 1. The average molecular weight is 225 g/mol. The van der Waals surface area contributed by atoms with Crippen LogP contribution in [0.1, 0.15) is 11.3 Å². The number of esters is 1. The van der Waals surface area contributed by atoms with Crippen molar-refractivity contribution in [2.24, 2.45) is 0 Å². The van der Waals surface area contributed by atoms with Gasteiger partial charge in [-0.3, -0.25) is 9.20 Å². The van der Waals surface area contributed by atoms with Crippen molar-refractivity contribution in [1.29, 1.82) is 0 Å². The second-order valence-corrected chi connectivity index (χ2v) is 4.19. The van der Waals surface area contributed by atoms with Gasteiger partial charge in [-0.2, -0.15) is 0 Å². The van der Waals surface area contributed by atoms with Crippen molar-refractivity contribution in [2.75, 3.05) is 7.11 Å². The maximum atomic E-state index is 11.1. The van der Waals surface area contributed by atoms with Crippen LogP contribution in [0, 0.1) is 6.92 Å². The fraction of sp³-hybridized carbons (Fsp3) is 0.300. The molecule has 1 N–H and O–H groups in total. The van der Waals surface area contributed by atoms with E-state index in [1.807, 2.05) is 18.4 Å². The van der Waals surface area contributed by atoms with Gasteiger partial charge in [-0.05, 0) is 13.0 Å². The molecule has 0 amide bonds. The van der Waals surface area contributed by atoms with E-state index in [1.54, 1.807) is 4.40 Å². The van der Waals surface area contributed by atoms with Crippen molar-refractivity contribution in [1.82, 2.24) is 4.40 Å². The Bertz CT molecular complexity index is 512. The number of aryl methyl sites for hydroxylation is 1. The summed E-state index contributed by atoms with van der Waals surface area (Å²) in [5, 5.41) is 11.8. The van der Waals surface area contributed by atoms with Gasteiger partial charge in [-0.15, -0.1) is 11.3 Å². The summed E-state index contributed by atoms with van der Waals surface area (Å²) in [6.07, 6.45) is 0.107. The molecular formula is C10H11NO3S. The number of rotatable bonds is 2. The molecule has 0 spiro atoms. The molecule has 80 valence electrons. The second-order valence-electron chi connectivity index (χ2n) is 3.30. The first-order chi connectivity index (χ1) is 7.13. The van der Waals surface area contributed by atoms with Crippen LogP contribution < -0.4 is 0 Å².